The Morgan fingerprint density at radius 2 is 1.87 bits per heavy atom. The van der Waals surface area contributed by atoms with Gasteiger partial charge in [-0.05, 0) is 44.2 Å². The van der Waals surface area contributed by atoms with E-state index in [1.165, 1.54) is 0 Å². The zero-order chi connectivity index (χ0) is 22.2. The molecule has 1 aromatic heterocycles. The van der Waals surface area contributed by atoms with Crippen LogP contribution in [0.15, 0.2) is 52.9 Å². The lowest BCUT2D eigenvalue weighted by atomic mass is 9.90. The van der Waals surface area contributed by atoms with E-state index in [9.17, 15) is 13.2 Å². The van der Waals surface area contributed by atoms with Gasteiger partial charge in [0.1, 0.15) is 11.4 Å². The maximum Gasteiger partial charge on any atom is 0.270 e. The van der Waals surface area contributed by atoms with Crippen molar-refractivity contribution in [2.24, 2.45) is 0 Å². The number of hydrogen-bond acceptors (Lipinski definition) is 7. The van der Waals surface area contributed by atoms with Gasteiger partial charge in [0.25, 0.3) is 15.9 Å². The predicted octanol–water partition coefficient (Wildman–Crippen LogP) is 4.02. The van der Waals surface area contributed by atoms with Crippen molar-refractivity contribution < 1.29 is 17.9 Å². The van der Waals surface area contributed by atoms with Gasteiger partial charge < -0.3 is 4.74 Å². The minimum absolute atomic E-state index is 0.0769. The average Bonchev–Trinajstić information content (AvgIpc) is 3.17. The van der Waals surface area contributed by atoms with Gasteiger partial charge in [-0.2, -0.15) is 0 Å². The van der Waals surface area contributed by atoms with Crippen molar-refractivity contribution in [1.82, 2.24) is 14.9 Å². The number of ether oxygens (including phenoxy) is 1. The number of carbonyl (C=O) groups excluding carboxylic acids is 1. The zero-order valence-corrected chi connectivity index (χ0v) is 19.0. The number of sulfonamides is 1. The van der Waals surface area contributed by atoms with Gasteiger partial charge in [0, 0.05) is 22.6 Å². The molecule has 1 aliphatic rings. The van der Waals surface area contributed by atoms with E-state index in [0.717, 1.165) is 16.9 Å². The smallest absolute Gasteiger partial charge is 0.270 e. The molecule has 0 saturated carbocycles. The van der Waals surface area contributed by atoms with E-state index in [1.54, 1.807) is 24.3 Å². The number of para-hydroxylation sites is 1. The number of hydrogen-bond donors (Lipinski definition) is 2. The Hall–Kier alpha value is -2.53. The van der Waals surface area contributed by atoms with Gasteiger partial charge in [-0.1, -0.05) is 41.1 Å². The molecule has 31 heavy (non-hydrogen) atoms. The third-order valence-electron chi connectivity index (χ3n) is 4.64. The van der Waals surface area contributed by atoms with Crippen LogP contribution in [0, 0.1) is 0 Å². The molecule has 2 heterocycles. The molecular weight excluding hydrogens is 460 g/mol. The summed E-state index contributed by atoms with van der Waals surface area (Å²) in [4.78, 5) is 12.3. The molecule has 8 nitrogen and oxygen atoms in total. The maximum absolute atomic E-state index is 13.0. The molecule has 1 unspecified atom stereocenters. The highest BCUT2D eigenvalue weighted by Crippen LogP contribution is 2.40. The van der Waals surface area contributed by atoms with Gasteiger partial charge >= 0.3 is 0 Å². The van der Waals surface area contributed by atoms with Crippen LogP contribution >= 0.6 is 22.9 Å². The van der Waals surface area contributed by atoms with Crippen molar-refractivity contribution >= 4 is 44.0 Å². The number of carbonyl (C=O) groups is 1. The highest BCUT2D eigenvalue weighted by atomic mass is 35.5. The van der Waals surface area contributed by atoms with Gasteiger partial charge in [0.2, 0.25) is 9.47 Å². The Bertz CT molecular complexity index is 1230. The summed E-state index contributed by atoms with van der Waals surface area (Å²) < 4.78 is 34.3. The van der Waals surface area contributed by atoms with E-state index in [-0.39, 0.29) is 9.47 Å². The van der Waals surface area contributed by atoms with E-state index in [0.29, 0.717) is 22.8 Å². The summed E-state index contributed by atoms with van der Waals surface area (Å²) in [6.45, 7) is 3.80. The number of aromatic nitrogens is 2. The number of benzene rings is 2. The Labute approximate surface area is 188 Å². The molecule has 0 aliphatic carbocycles. The van der Waals surface area contributed by atoms with E-state index >= 15 is 0 Å². The van der Waals surface area contributed by atoms with Crippen LogP contribution < -0.4 is 14.8 Å². The summed E-state index contributed by atoms with van der Waals surface area (Å²) >= 11 is 6.60. The fourth-order valence-electron chi connectivity index (χ4n) is 3.28. The molecule has 2 aromatic carbocycles. The fraction of sp³-hybridized carbons (Fsp3) is 0.250. The third kappa shape index (κ3) is 4.87. The van der Waals surface area contributed by atoms with Crippen molar-refractivity contribution in [3.05, 3.63) is 64.7 Å². The van der Waals surface area contributed by atoms with Gasteiger partial charge in [0.15, 0.2) is 0 Å². The molecule has 0 fully saturated rings. The molecule has 2 N–H and O–H groups in total. The van der Waals surface area contributed by atoms with E-state index in [2.05, 4.69) is 20.2 Å². The molecule has 0 bridgehead atoms. The van der Waals surface area contributed by atoms with Crippen molar-refractivity contribution in [1.29, 1.82) is 0 Å². The van der Waals surface area contributed by atoms with Crippen molar-refractivity contribution in [2.45, 2.75) is 36.3 Å². The summed E-state index contributed by atoms with van der Waals surface area (Å²) in [5.74, 6) is 0.199. The van der Waals surface area contributed by atoms with Crippen molar-refractivity contribution in [3.63, 3.8) is 0 Å². The second-order valence-corrected chi connectivity index (χ2v) is 10.9. The zero-order valence-electron chi connectivity index (χ0n) is 16.6. The summed E-state index contributed by atoms with van der Waals surface area (Å²) in [7, 11) is -3.97. The maximum atomic E-state index is 13.0. The van der Waals surface area contributed by atoms with Gasteiger partial charge in [-0.15, -0.1) is 10.2 Å². The van der Waals surface area contributed by atoms with Crippen LogP contribution in [0.5, 0.6) is 5.75 Å². The lowest BCUT2D eigenvalue weighted by molar-refractivity contribution is 0.0702. The highest BCUT2D eigenvalue weighted by Gasteiger charge is 2.36. The third-order valence-corrected chi connectivity index (χ3v) is 7.57. The molecule has 0 radical (unpaired) electrons. The lowest BCUT2D eigenvalue weighted by Crippen LogP contribution is -2.41. The number of amides is 1. The number of fused-ring (bicyclic) bond motifs is 1. The molecule has 162 valence electrons. The number of halogens is 1. The molecule has 0 saturated heterocycles. The summed E-state index contributed by atoms with van der Waals surface area (Å²) in [6.07, 6.45) is 0.447. The quantitative estimate of drug-likeness (QED) is 0.536. The largest absolute Gasteiger partial charge is 0.487 e. The molecule has 1 aliphatic heterocycles. The summed E-state index contributed by atoms with van der Waals surface area (Å²) in [5.41, 5.74) is 0.578. The molecule has 3 aromatic rings. The monoisotopic (exact) mass is 478 g/mol. The van der Waals surface area contributed by atoms with Gasteiger partial charge in [0.05, 0.1) is 6.04 Å². The molecule has 1 amide bonds. The van der Waals surface area contributed by atoms with E-state index in [1.807, 2.05) is 38.1 Å². The van der Waals surface area contributed by atoms with Gasteiger partial charge in [-0.3, -0.25) is 10.1 Å². The predicted molar refractivity (Wildman–Crippen MR) is 118 cm³/mol. The molecule has 1 atom stereocenters. The van der Waals surface area contributed by atoms with Crippen LogP contribution in [0.25, 0.3) is 0 Å². The normalized spacial score (nSPS) is 17.5. The minimum Gasteiger partial charge on any atom is -0.487 e. The Morgan fingerprint density at radius 1 is 1.16 bits per heavy atom. The summed E-state index contributed by atoms with van der Waals surface area (Å²) in [5, 5.41) is 10.7. The van der Waals surface area contributed by atoms with Crippen LogP contribution in [-0.2, 0) is 10.0 Å². The lowest BCUT2D eigenvalue weighted by Gasteiger charge is -2.37. The first-order chi connectivity index (χ1) is 14.6. The first-order valence-corrected chi connectivity index (χ1v) is 12.0. The van der Waals surface area contributed by atoms with Crippen LogP contribution in [0.4, 0.5) is 5.13 Å². The van der Waals surface area contributed by atoms with Crippen LogP contribution in [0.2, 0.25) is 5.02 Å². The summed E-state index contributed by atoms with van der Waals surface area (Å²) in [6, 6.07) is 13.1. The van der Waals surface area contributed by atoms with E-state index < -0.39 is 27.6 Å². The minimum atomic E-state index is -3.97. The van der Waals surface area contributed by atoms with Crippen molar-refractivity contribution in [3.8, 4) is 5.75 Å². The average molecular weight is 479 g/mol. The van der Waals surface area contributed by atoms with Crippen LogP contribution in [0.1, 0.15) is 42.2 Å². The second-order valence-electron chi connectivity index (χ2n) is 7.61. The van der Waals surface area contributed by atoms with E-state index in [4.69, 9.17) is 16.3 Å². The Kier molecular flexibility index (Phi) is 5.73. The van der Waals surface area contributed by atoms with Gasteiger partial charge in [-0.25, -0.2) is 13.1 Å². The molecular formula is C20H19ClN4O4S2. The number of rotatable bonds is 5. The van der Waals surface area contributed by atoms with Crippen LogP contribution in [-0.4, -0.2) is 30.1 Å². The topological polar surface area (TPSA) is 110 Å². The Balaban J connectivity index is 1.52. The van der Waals surface area contributed by atoms with Crippen LogP contribution in [0.3, 0.4) is 0 Å². The first kappa shape index (κ1) is 21.7. The first-order valence-electron chi connectivity index (χ1n) is 9.34. The second kappa shape index (κ2) is 8.19. The molecule has 4 rings (SSSR count). The fourth-order valence-corrected chi connectivity index (χ4v) is 5.54. The number of nitrogens with zero attached hydrogens (tertiary/aromatic N) is 2. The highest BCUT2D eigenvalue weighted by molar-refractivity contribution is 7.91. The molecule has 11 heteroatoms. The standard InChI is InChI=1S/C20H19ClN4O4S2/c1-20(2)11-15(14-5-3-4-6-16(14)29-20)25-31(27,28)19-24-23-18(30-19)22-17(26)12-7-9-13(21)10-8-12/h3-10,15,25H,11H2,1-2H3,(H,22,23,26). The number of anilines is 1. The number of nitrogens with one attached hydrogen (secondary N) is 2. The van der Waals surface area contributed by atoms with Crippen molar-refractivity contribution in [2.75, 3.05) is 5.32 Å². The molecule has 0 spiro atoms. The Morgan fingerprint density at radius 3 is 2.61 bits per heavy atom. The SMILES string of the molecule is CC1(C)CC(NS(=O)(=O)c2nnc(NC(=O)c3ccc(Cl)cc3)s2)c2ccccc2O1.